The molecule has 0 spiro atoms. The molecule has 1 atom stereocenters. The molecular weight excluding hydrogens is 386 g/mol. The maximum absolute atomic E-state index is 12.6. The number of rotatable bonds is 4. The Morgan fingerprint density at radius 2 is 2.07 bits per heavy atom. The first-order valence-corrected chi connectivity index (χ1v) is 10.6. The van der Waals surface area contributed by atoms with Crippen molar-refractivity contribution in [3.8, 4) is 0 Å². The number of piperidine rings is 1. The van der Waals surface area contributed by atoms with E-state index < -0.39 is 0 Å². The number of thiazole rings is 1. The van der Waals surface area contributed by atoms with Crippen molar-refractivity contribution in [2.24, 2.45) is 0 Å². The number of nitrogens with zero attached hydrogens (tertiary/aromatic N) is 2. The summed E-state index contributed by atoms with van der Waals surface area (Å²) in [5.41, 5.74) is 2.89. The lowest BCUT2D eigenvalue weighted by atomic mass is 9.99. The summed E-state index contributed by atoms with van der Waals surface area (Å²) in [6.07, 6.45) is 2.17. The van der Waals surface area contributed by atoms with Crippen LogP contribution >= 0.6 is 11.3 Å². The van der Waals surface area contributed by atoms with Gasteiger partial charge in [-0.15, -0.1) is 11.3 Å². The van der Waals surface area contributed by atoms with Crippen LogP contribution in [0.25, 0.3) is 21.3 Å². The van der Waals surface area contributed by atoms with Crippen molar-refractivity contribution in [1.82, 2.24) is 19.9 Å². The molecule has 2 aromatic carbocycles. The fourth-order valence-electron chi connectivity index (χ4n) is 3.98. The molecule has 148 valence electrons. The number of aromatic amines is 2. The van der Waals surface area contributed by atoms with Crippen molar-refractivity contribution < 1.29 is 4.79 Å². The zero-order valence-corrected chi connectivity index (χ0v) is 16.6. The number of carbonyl (C=O) groups excluding carboxylic acids is 1. The van der Waals surface area contributed by atoms with E-state index in [1.54, 1.807) is 29.5 Å². The number of aromatic nitrogens is 3. The minimum atomic E-state index is -0.252. The molecule has 1 aliphatic rings. The van der Waals surface area contributed by atoms with E-state index in [0.29, 0.717) is 23.7 Å². The average Bonchev–Trinajstić information content (AvgIpc) is 3.30. The number of anilines is 1. The standard InChI is InChI=1S/C21H21N5O2S/c27-19(22-14-7-8-15-17(10-14)25-21(28)24-15)12-26-9-3-4-13(11-26)20-23-16-5-1-2-6-18(16)29-20/h1-2,5-8,10,13H,3-4,9,11-12H2,(H,22,27)(H2,24,25,28)/t13-/m0/s1. The Bertz CT molecular complexity index is 1210. The van der Waals surface area contributed by atoms with Gasteiger partial charge in [0.25, 0.3) is 0 Å². The highest BCUT2D eigenvalue weighted by molar-refractivity contribution is 7.18. The first kappa shape index (κ1) is 18.1. The van der Waals surface area contributed by atoms with Gasteiger partial charge in [0.15, 0.2) is 0 Å². The van der Waals surface area contributed by atoms with Crippen LogP contribution in [-0.4, -0.2) is 45.4 Å². The van der Waals surface area contributed by atoms with Crippen LogP contribution in [0.1, 0.15) is 23.8 Å². The van der Waals surface area contributed by atoms with Crippen LogP contribution in [0, 0.1) is 0 Å². The molecule has 5 rings (SSSR count). The summed E-state index contributed by atoms with van der Waals surface area (Å²) < 4.78 is 1.22. The van der Waals surface area contributed by atoms with E-state index in [0.717, 1.165) is 42.0 Å². The van der Waals surface area contributed by atoms with Crippen LogP contribution in [0.3, 0.4) is 0 Å². The normalized spacial score (nSPS) is 17.7. The van der Waals surface area contributed by atoms with E-state index in [-0.39, 0.29) is 11.6 Å². The summed E-state index contributed by atoms with van der Waals surface area (Å²) in [6.45, 7) is 2.11. The summed E-state index contributed by atoms with van der Waals surface area (Å²) in [7, 11) is 0. The van der Waals surface area contributed by atoms with Crippen LogP contribution < -0.4 is 11.0 Å². The number of nitrogens with one attached hydrogen (secondary N) is 3. The molecule has 0 saturated carbocycles. The molecule has 1 fully saturated rings. The molecule has 3 heterocycles. The van der Waals surface area contributed by atoms with Gasteiger partial charge in [-0.3, -0.25) is 9.69 Å². The summed E-state index contributed by atoms with van der Waals surface area (Å²) in [5, 5.41) is 4.10. The van der Waals surface area contributed by atoms with Crippen LogP contribution in [0.5, 0.6) is 0 Å². The SMILES string of the molecule is O=C(CN1CCC[C@H](c2nc3ccccc3s2)C1)Nc1ccc2[nH]c(=O)[nH]c2c1. The molecular formula is C21H21N5O2S. The number of carbonyl (C=O) groups is 1. The number of fused-ring (bicyclic) bond motifs is 2. The van der Waals surface area contributed by atoms with Crippen LogP contribution in [0.15, 0.2) is 47.3 Å². The minimum absolute atomic E-state index is 0.0489. The number of amides is 1. The first-order valence-electron chi connectivity index (χ1n) is 9.74. The van der Waals surface area contributed by atoms with E-state index >= 15 is 0 Å². The summed E-state index contributed by atoms with van der Waals surface area (Å²) in [4.78, 5) is 36.4. The zero-order chi connectivity index (χ0) is 19.8. The Hall–Kier alpha value is -2.97. The Kier molecular flexibility index (Phi) is 4.65. The smallest absolute Gasteiger partial charge is 0.323 e. The summed E-state index contributed by atoms with van der Waals surface area (Å²) >= 11 is 1.76. The van der Waals surface area contributed by atoms with Gasteiger partial charge in [0.1, 0.15) is 0 Å². The number of imidazole rings is 1. The molecule has 2 aromatic heterocycles. The third-order valence-electron chi connectivity index (χ3n) is 5.33. The molecule has 1 saturated heterocycles. The van der Waals surface area contributed by atoms with Crippen LogP contribution in [-0.2, 0) is 4.79 Å². The van der Waals surface area contributed by atoms with E-state index in [4.69, 9.17) is 4.98 Å². The lowest BCUT2D eigenvalue weighted by molar-refractivity contribution is -0.117. The lowest BCUT2D eigenvalue weighted by Gasteiger charge is -2.31. The van der Waals surface area contributed by atoms with Crippen molar-refractivity contribution >= 4 is 44.2 Å². The quantitative estimate of drug-likeness (QED) is 0.484. The second kappa shape index (κ2) is 7.46. The largest absolute Gasteiger partial charge is 0.325 e. The third-order valence-corrected chi connectivity index (χ3v) is 6.53. The number of para-hydroxylation sites is 1. The Labute approximate surface area is 170 Å². The van der Waals surface area contributed by atoms with Crippen molar-refractivity contribution in [1.29, 1.82) is 0 Å². The molecule has 1 amide bonds. The number of likely N-dealkylation sites (tertiary alicyclic amines) is 1. The predicted molar refractivity (Wildman–Crippen MR) is 116 cm³/mol. The maximum Gasteiger partial charge on any atom is 0.323 e. The van der Waals surface area contributed by atoms with Gasteiger partial charge in [-0.05, 0) is 49.7 Å². The van der Waals surface area contributed by atoms with Gasteiger partial charge < -0.3 is 15.3 Å². The van der Waals surface area contributed by atoms with Gasteiger partial charge in [-0.25, -0.2) is 9.78 Å². The van der Waals surface area contributed by atoms with E-state index in [9.17, 15) is 9.59 Å². The topological polar surface area (TPSA) is 93.9 Å². The van der Waals surface area contributed by atoms with Gasteiger partial charge in [-0.2, -0.15) is 0 Å². The van der Waals surface area contributed by atoms with Gasteiger partial charge >= 0.3 is 5.69 Å². The zero-order valence-electron chi connectivity index (χ0n) is 15.8. The Morgan fingerprint density at radius 3 is 2.97 bits per heavy atom. The first-order chi connectivity index (χ1) is 14.1. The van der Waals surface area contributed by atoms with E-state index in [1.165, 1.54) is 4.70 Å². The van der Waals surface area contributed by atoms with Gasteiger partial charge in [0, 0.05) is 18.2 Å². The fourth-order valence-corrected chi connectivity index (χ4v) is 5.07. The van der Waals surface area contributed by atoms with Crippen molar-refractivity contribution in [3.63, 3.8) is 0 Å². The van der Waals surface area contributed by atoms with Gasteiger partial charge in [0.2, 0.25) is 5.91 Å². The highest BCUT2D eigenvalue weighted by atomic mass is 32.1. The number of hydrogen-bond donors (Lipinski definition) is 3. The second-order valence-electron chi connectivity index (χ2n) is 7.48. The minimum Gasteiger partial charge on any atom is -0.325 e. The second-order valence-corrected chi connectivity index (χ2v) is 8.54. The number of benzene rings is 2. The van der Waals surface area contributed by atoms with Crippen LogP contribution in [0.2, 0.25) is 0 Å². The molecule has 4 aromatic rings. The molecule has 3 N–H and O–H groups in total. The van der Waals surface area contributed by atoms with Crippen molar-refractivity contribution in [3.05, 3.63) is 58.0 Å². The molecule has 0 aliphatic carbocycles. The monoisotopic (exact) mass is 407 g/mol. The molecule has 29 heavy (non-hydrogen) atoms. The van der Waals surface area contributed by atoms with Crippen molar-refractivity contribution in [2.75, 3.05) is 25.0 Å². The van der Waals surface area contributed by atoms with E-state index in [1.807, 2.05) is 12.1 Å². The molecule has 0 bridgehead atoms. The highest BCUT2D eigenvalue weighted by Crippen LogP contribution is 2.32. The molecule has 7 nitrogen and oxygen atoms in total. The Balaban J connectivity index is 1.24. The maximum atomic E-state index is 12.6. The third kappa shape index (κ3) is 3.81. The molecule has 0 radical (unpaired) electrons. The average molecular weight is 407 g/mol. The highest BCUT2D eigenvalue weighted by Gasteiger charge is 2.25. The molecule has 0 unspecified atom stereocenters. The van der Waals surface area contributed by atoms with Crippen molar-refractivity contribution in [2.45, 2.75) is 18.8 Å². The van der Waals surface area contributed by atoms with Gasteiger partial charge in [-0.1, -0.05) is 12.1 Å². The number of hydrogen-bond acceptors (Lipinski definition) is 5. The van der Waals surface area contributed by atoms with Crippen LogP contribution in [0.4, 0.5) is 5.69 Å². The lowest BCUT2D eigenvalue weighted by Crippen LogP contribution is -2.39. The number of H-pyrrole nitrogens is 2. The molecule has 8 heteroatoms. The van der Waals surface area contributed by atoms with Gasteiger partial charge in [0.05, 0.1) is 32.8 Å². The predicted octanol–water partition coefficient (Wildman–Crippen LogP) is 3.28. The fraction of sp³-hybridized carbons (Fsp3) is 0.286. The summed E-state index contributed by atoms with van der Waals surface area (Å²) in [5.74, 6) is 0.322. The molecule has 1 aliphatic heterocycles. The van der Waals surface area contributed by atoms with E-state index in [2.05, 4.69) is 32.3 Å². The Morgan fingerprint density at radius 1 is 1.21 bits per heavy atom. The summed E-state index contributed by atoms with van der Waals surface area (Å²) in [6, 6.07) is 13.6.